The first kappa shape index (κ1) is 16.0. The monoisotopic (exact) mass is 322 g/mol. The van der Waals surface area contributed by atoms with Crippen LogP contribution in [0.15, 0.2) is 76.4 Å². The quantitative estimate of drug-likeness (QED) is 0.785. The van der Waals surface area contributed by atoms with Crippen molar-refractivity contribution in [2.24, 2.45) is 0 Å². The molecule has 0 bridgehead atoms. The molecule has 0 saturated heterocycles. The Labute approximate surface area is 139 Å². The fraction of sp³-hybridized carbons (Fsp3) is 0.158. The van der Waals surface area contributed by atoms with E-state index in [1.807, 2.05) is 60.7 Å². The van der Waals surface area contributed by atoms with Crippen LogP contribution in [0.2, 0.25) is 0 Å². The highest BCUT2D eigenvalue weighted by Crippen LogP contribution is 2.19. The minimum Gasteiger partial charge on any atom is -0.349 e. The van der Waals surface area contributed by atoms with Gasteiger partial charge in [-0.1, -0.05) is 60.7 Å². The van der Waals surface area contributed by atoms with Crippen molar-refractivity contribution in [3.05, 3.63) is 104 Å². The summed E-state index contributed by atoms with van der Waals surface area (Å²) in [4.78, 5) is 26.2. The molecule has 1 atom stereocenters. The molecule has 0 aliphatic heterocycles. The average Bonchev–Trinajstić information content (AvgIpc) is 2.61. The van der Waals surface area contributed by atoms with Gasteiger partial charge in [-0.05, 0) is 12.5 Å². The molecule has 0 saturated carbocycles. The Morgan fingerprint density at radius 1 is 1.00 bits per heavy atom. The predicted molar refractivity (Wildman–Crippen MR) is 91.9 cm³/mol. The van der Waals surface area contributed by atoms with Crippen molar-refractivity contribution in [3.8, 4) is 0 Å². The van der Waals surface area contributed by atoms with Crippen molar-refractivity contribution >= 4 is 0 Å². The molecule has 3 aromatic rings. The van der Waals surface area contributed by atoms with Crippen molar-refractivity contribution < 1.29 is 4.74 Å². The Hall–Kier alpha value is -2.92. The molecule has 5 nitrogen and oxygen atoms in total. The van der Waals surface area contributed by atoms with Crippen molar-refractivity contribution in [3.63, 3.8) is 0 Å². The number of aromatic amines is 1. The van der Waals surface area contributed by atoms with E-state index in [1.54, 1.807) is 6.92 Å². The molecule has 1 heterocycles. The molecule has 5 heteroatoms. The third-order valence-electron chi connectivity index (χ3n) is 3.73. The van der Waals surface area contributed by atoms with Crippen molar-refractivity contribution in [2.45, 2.75) is 19.8 Å². The predicted octanol–water partition coefficient (Wildman–Crippen LogP) is 2.61. The Balaban J connectivity index is 1.98. The maximum atomic E-state index is 12.2. The number of nitrogens with zero attached hydrogens (tertiary/aromatic N) is 1. The van der Waals surface area contributed by atoms with Crippen molar-refractivity contribution in [2.75, 3.05) is 0 Å². The fourth-order valence-corrected chi connectivity index (χ4v) is 2.46. The highest BCUT2D eigenvalue weighted by Gasteiger charge is 2.17. The van der Waals surface area contributed by atoms with Gasteiger partial charge in [-0.2, -0.15) is 0 Å². The summed E-state index contributed by atoms with van der Waals surface area (Å²) in [5.74, 6) is 0. The molecule has 0 fully saturated rings. The van der Waals surface area contributed by atoms with Gasteiger partial charge in [0.15, 0.2) is 6.23 Å². The summed E-state index contributed by atoms with van der Waals surface area (Å²) in [5, 5.41) is 0. The first-order chi connectivity index (χ1) is 11.6. The fourth-order valence-electron chi connectivity index (χ4n) is 2.46. The number of H-pyrrole nitrogens is 1. The van der Waals surface area contributed by atoms with Crippen LogP contribution in [0.25, 0.3) is 0 Å². The lowest BCUT2D eigenvalue weighted by Gasteiger charge is -2.21. The number of aromatic nitrogens is 2. The van der Waals surface area contributed by atoms with Crippen LogP contribution in [-0.2, 0) is 11.3 Å². The summed E-state index contributed by atoms with van der Waals surface area (Å²) < 4.78 is 7.43. The van der Waals surface area contributed by atoms with Crippen molar-refractivity contribution in [1.29, 1.82) is 0 Å². The first-order valence-electron chi connectivity index (χ1n) is 7.67. The minimum absolute atomic E-state index is 0.352. The number of benzene rings is 2. The molecule has 1 unspecified atom stereocenters. The van der Waals surface area contributed by atoms with Gasteiger partial charge < -0.3 is 4.74 Å². The molecular formula is C19H18N2O3. The van der Waals surface area contributed by atoms with Crippen LogP contribution in [0, 0.1) is 6.92 Å². The van der Waals surface area contributed by atoms with Crippen LogP contribution in [0.5, 0.6) is 0 Å². The molecule has 0 spiro atoms. The van der Waals surface area contributed by atoms with E-state index in [4.69, 9.17) is 4.74 Å². The van der Waals surface area contributed by atoms with Gasteiger partial charge in [0.1, 0.15) is 0 Å². The van der Waals surface area contributed by atoms with Gasteiger partial charge >= 0.3 is 5.69 Å². The molecule has 2 aromatic carbocycles. The molecule has 1 aromatic heterocycles. The maximum absolute atomic E-state index is 12.2. The zero-order valence-corrected chi connectivity index (χ0v) is 13.3. The topological polar surface area (TPSA) is 64.1 Å². The van der Waals surface area contributed by atoms with Crippen molar-refractivity contribution in [1.82, 2.24) is 9.55 Å². The second kappa shape index (κ2) is 7.10. The van der Waals surface area contributed by atoms with Gasteiger partial charge in [0, 0.05) is 17.3 Å². The Morgan fingerprint density at radius 3 is 2.29 bits per heavy atom. The standard InChI is InChI=1S/C19H18N2O3/c1-14-12-21(19(23)20-17(14)22)18(16-10-6-3-7-11-16)24-13-15-8-4-2-5-9-15/h2-12,18H,13H2,1H3,(H,20,22,23). The van der Waals surface area contributed by atoms with E-state index in [0.29, 0.717) is 12.2 Å². The SMILES string of the molecule is Cc1cn(C(OCc2ccccc2)c2ccccc2)c(=O)[nH]c1=O. The lowest BCUT2D eigenvalue weighted by atomic mass is 10.2. The number of rotatable bonds is 5. The normalized spacial score (nSPS) is 12.0. The van der Waals surface area contributed by atoms with E-state index in [9.17, 15) is 9.59 Å². The van der Waals surface area contributed by atoms with E-state index in [1.165, 1.54) is 10.8 Å². The maximum Gasteiger partial charge on any atom is 0.330 e. The zero-order valence-electron chi connectivity index (χ0n) is 13.3. The summed E-state index contributed by atoms with van der Waals surface area (Å²) in [6.07, 6.45) is 0.915. The van der Waals surface area contributed by atoms with E-state index in [0.717, 1.165) is 11.1 Å². The summed E-state index contributed by atoms with van der Waals surface area (Å²) in [6, 6.07) is 19.2. The molecule has 122 valence electrons. The van der Waals surface area contributed by atoms with Crippen LogP contribution in [0.3, 0.4) is 0 Å². The summed E-state index contributed by atoms with van der Waals surface area (Å²) in [7, 11) is 0. The van der Waals surface area contributed by atoms with Gasteiger partial charge in [-0.25, -0.2) is 4.79 Å². The largest absolute Gasteiger partial charge is 0.349 e. The molecule has 0 aliphatic rings. The van der Waals surface area contributed by atoms with Gasteiger partial charge in [-0.3, -0.25) is 14.3 Å². The van der Waals surface area contributed by atoms with Crippen LogP contribution in [0.4, 0.5) is 0 Å². The van der Waals surface area contributed by atoms with Crippen LogP contribution < -0.4 is 11.2 Å². The minimum atomic E-state index is -0.616. The van der Waals surface area contributed by atoms with Gasteiger partial charge in [-0.15, -0.1) is 0 Å². The highest BCUT2D eigenvalue weighted by atomic mass is 16.5. The number of aryl methyl sites for hydroxylation is 1. The van der Waals surface area contributed by atoms with E-state index >= 15 is 0 Å². The number of hydrogen-bond donors (Lipinski definition) is 1. The molecule has 1 N–H and O–H groups in total. The molecule has 0 radical (unpaired) electrons. The molecule has 24 heavy (non-hydrogen) atoms. The Morgan fingerprint density at radius 2 is 1.62 bits per heavy atom. The van der Waals surface area contributed by atoms with Gasteiger partial charge in [0.2, 0.25) is 0 Å². The second-order valence-corrected chi connectivity index (χ2v) is 5.54. The smallest absolute Gasteiger partial charge is 0.330 e. The van der Waals surface area contributed by atoms with Gasteiger partial charge in [0.25, 0.3) is 5.56 Å². The van der Waals surface area contributed by atoms with Crippen LogP contribution in [-0.4, -0.2) is 9.55 Å². The number of hydrogen-bond acceptors (Lipinski definition) is 3. The van der Waals surface area contributed by atoms with Gasteiger partial charge in [0.05, 0.1) is 6.61 Å². The highest BCUT2D eigenvalue weighted by molar-refractivity contribution is 5.19. The number of ether oxygens (including phenoxy) is 1. The van der Waals surface area contributed by atoms with E-state index in [2.05, 4.69) is 4.98 Å². The first-order valence-corrected chi connectivity index (χ1v) is 7.67. The molecule has 0 amide bonds. The summed E-state index contributed by atoms with van der Waals surface area (Å²) in [6.45, 7) is 2.01. The number of nitrogens with one attached hydrogen (secondary N) is 1. The van der Waals surface area contributed by atoms with E-state index < -0.39 is 11.9 Å². The molecular weight excluding hydrogens is 304 g/mol. The van der Waals surface area contributed by atoms with Crippen LogP contribution >= 0.6 is 0 Å². The summed E-state index contributed by atoms with van der Waals surface area (Å²) >= 11 is 0. The zero-order chi connectivity index (χ0) is 16.9. The Bertz CT molecular complexity index is 915. The van der Waals surface area contributed by atoms with Crippen LogP contribution in [0.1, 0.15) is 22.9 Å². The third kappa shape index (κ3) is 3.52. The average molecular weight is 322 g/mol. The Kier molecular flexibility index (Phi) is 4.72. The molecule has 0 aliphatic carbocycles. The lowest BCUT2D eigenvalue weighted by Crippen LogP contribution is -2.34. The summed E-state index contributed by atoms with van der Waals surface area (Å²) in [5.41, 5.74) is 1.42. The second-order valence-electron chi connectivity index (χ2n) is 5.54. The van der Waals surface area contributed by atoms with E-state index in [-0.39, 0.29) is 5.56 Å². The lowest BCUT2D eigenvalue weighted by molar-refractivity contribution is 0.0162. The third-order valence-corrected chi connectivity index (χ3v) is 3.73. The molecule has 3 rings (SSSR count).